The third-order valence-corrected chi connectivity index (χ3v) is 11.0. The minimum atomic E-state index is -1.66. The minimum absolute atomic E-state index is 0.656. The Balaban J connectivity index is 1.73. The molecule has 1 fully saturated rings. The molecule has 0 N–H and O–H groups in total. The maximum Gasteiger partial charge on any atom is 0.216 e. The lowest BCUT2D eigenvalue weighted by Gasteiger charge is -2.21. The van der Waals surface area contributed by atoms with Gasteiger partial charge in [0.1, 0.15) is 18.2 Å². The van der Waals surface area contributed by atoms with Crippen molar-refractivity contribution in [2.45, 2.75) is 72.0 Å². The molecule has 3 nitrogen and oxygen atoms in total. The number of nitrogens with zero attached hydrogens (tertiary/aromatic N) is 2. The number of furan rings is 1. The smallest absolute Gasteiger partial charge is 0.216 e. The van der Waals surface area contributed by atoms with Crippen LogP contribution in [0.2, 0.25) is 19.6 Å². The molecule has 6 rings (SSSR count). The van der Waals surface area contributed by atoms with Crippen molar-refractivity contribution in [2.75, 3.05) is 0 Å². The van der Waals surface area contributed by atoms with Crippen molar-refractivity contribution in [2.24, 2.45) is 7.05 Å². The Bertz CT molecular complexity index is 1810. The molecule has 192 valence electrons. The molecule has 1 aliphatic rings. The van der Waals surface area contributed by atoms with Gasteiger partial charge in [0.05, 0.1) is 20.2 Å². The Labute approximate surface area is 226 Å². The van der Waals surface area contributed by atoms with E-state index in [-0.39, 0.29) is 0 Å². The molecule has 0 spiro atoms. The van der Waals surface area contributed by atoms with Crippen molar-refractivity contribution in [3.63, 3.8) is 0 Å². The van der Waals surface area contributed by atoms with E-state index in [4.69, 9.17) is 11.0 Å². The average molecular weight is 518 g/mol. The summed E-state index contributed by atoms with van der Waals surface area (Å²) in [6, 6.07) is 16.0. The lowest BCUT2D eigenvalue weighted by atomic mass is 9.94. The molecular weight excluding hydrogens is 480 g/mol. The van der Waals surface area contributed by atoms with Gasteiger partial charge in [-0.15, -0.1) is 0 Å². The fraction of sp³-hybridized carbons (Fsp3) is 0.353. The van der Waals surface area contributed by atoms with Crippen molar-refractivity contribution in [3.05, 3.63) is 76.1 Å². The zero-order valence-corrected chi connectivity index (χ0v) is 24.7. The molecule has 0 amide bonds. The highest BCUT2D eigenvalue weighted by Crippen LogP contribution is 2.42. The number of rotatable bonds is 3. The van der Waals surface area contributed by atoms with Gasteiger partial charge in [0.15, 0.2) is 5.69 Å². The van der Waals surface area contributed by atoms with Crippen LogP contribution in [0.3, 0.4) is 0 Å². The van der Waals surface area contributed by atoms with Crippen LogP contribution in [0, 0.1) is 27.3 Å². The topological polar surface area (TPSA) is 21.4 Å². The van der Waals surface area contributed by atoms with Gasteiger partial charge in [-0.2, -0.15) is 4.57 Å². The number of pyridine rings is 1. The Kier molecular flexibility index (Phi) is 5.77. The first-order valence-electron chi connectivity index (χ1n) is 13.9. The van der Waals surface area contributed by atoms with Crippen LogP contribution in [-0.2, 0) is 7.05 Å². The van der Waals surface area contributed by atoms with Gasteiger partial charge in [0, 0.05) is 28.3 Å². The van der Waals surface area contributed by atoms with E-state index in [9.17, 15) is 0 Å². The molecule has 4 heteroatoms. The van der Waals surface area contributed by atoms with Crippen LogP contribution in [-0.4, -0.2) is 8.07 Å². The lowest BCUT2D eigenvalue weighted by molar-refractivity contribution is -0.633. The maximum atomic E-state index is 7.59. The van der Waals surface area contributed by atoms with Crippen LogP contribution in [0.4, 0.5) is 5.69 Å². The van der Waals surface area contributed by atoms with Gasteiger partial charge >= 0.3 is 0 Å². The highest BCUT2D eigenvalue weighted by molar-refractivity contribution is 6.90. The summed E-state index contributed by atoms with van der Waals surface area (Å²) < 4.78 is 9.11. The molecule has 0 bridgehead atoms. The summed E-state index contributed by atoms with van der Waals surface area (Å²) >= 11 is 0. The third kappa shape index (κ3) is 3.71. The summed E-state index contributed by atoms with van der Waals surface area (Å²) in [6.07, 6.45) is 5.29. The molecule has 0 aliphatic heterocycles. The van der Waals surface area contributed by atoms with Gasteiger partial charge in [-0.3, -0.25) is 0 Å². The summed E-state index contributed by atoms with van der Waals surface area (Å²) in [6.45, 7) is 21.4. The predicted octanol–water partition coefficient (Wildman–Crippen LogP) is 8.91. The lowest BCUT2D eigenvalue weighted by Crippen LogP contribution is -2.43. The van der Waals surface area contributed by atoms with Crippen LogP contribution in [0.25, 0.3) is 48.9 Å². The Morgan fingerprint density at radius 2 is 1.58 bits per heavy atom. The Morgan fingerprint density at radius 1 is 0.868 bits per heavy atom. The first-order valence-corrected chi connectivity index (χ1v) is 17.4. The SMILES string of the molecule is [C-]#[N+]c1ccc2c(oc3c(-c4cc([Si](C)(C)C)c5ccc(C6CCCC6)cc5[n+]4C)c(C)c(C)cc32)c1C. The van der Waals surface area contributed by atoms with Gasteiger partial charge in [0.25, 0.3) is 0 Å². The number of fused-ring (bicyclic) bond motifs is 4. The van der Waals surface area contributed by atoms with E-state index in [1.807, 2.05) is 13.0 Å². The van der Waals surface area contributed by atoms with Gasteiger partial charge in [-0.05, 0) is 79.1 Å². The molecule has 2 heterocycles. The highest BCUT2D eigenvalue weighted by atomic mass is 28.3. The average Bonchev–Trinajstić information content (AvgIpc) is 3.54. The number of hydrogen-bond acceptors (Lipinski definition) is 1. The van der Waals surface area contributed by atoms with E-state index in [2.05, 4.69) is 86.3 Å². The normalized spacial score (nSPS) is 14.7. The Hall–Kier alpha value is -3.42. The number of hydrogen-bond donors (Lipinski definition) is 0. The molecule has 0 atom stereocenters. The van der Waals surface area contributed by atoms with Gasteiger partial charge in [0.2, 0.25) is 11.2 Å². The quantitative estimate of drug-likeness (QED) is 0.133. The summed E-state index contributed by atoms with van der Waals surface area (Å²) in [4.78, 5) is 3.72. The number of benzene rings is 3. The molecule has 1 aliphatic carbocycles. The second-order valence-corrected chi connectivity index (χ2v) is 17.4. The summed E-state index contributed by atoms with van der Waals surface area (Å²) in [7, 11) is 0.562. The molecule has 0 radical (unpaired) electrons. The van der Waals surface area contributed by atoms with E-state index < -0.39 is 8.07 Å². The number of aryl methyl sites for hydroxylation is 3. The van der Waals surface area contributed by atoms with Crippen LogP contribution < -0.4 is 9.75 Å². The van der Waals surface area contributed by atoms with Gasteiger partial charge in [-0.1, -0.05) is 50.7 Å². The first kappa shape index (κ1) is 24.9. The maximum absolute atomic E-state index is 7.59. The van der Waals surface area contributed by atoms with Crippen molar-refractivity contribution in [3.8, 4) is 11.3 Å². The standard InChI is InChI=1S/C34H37N2OSi/c1-20-17-27-25-15-16-28(35-4)22(3)33(25)37-34(27)32(21(20)2)30-19-31(38(6,7)8)26-14-13-24(18-29(26)36(30)5)23-11-9-10-12-23/h13-19,23H,9-12H2,1-3,5-8H3/q+1. The molecule has 1 saturated carbocycles. The first-order chi connectivity index (χ1) is 18.1. The van der Waals surface area contributed by atoms with Crippen molar-refractivity contribution in [1.82, 2.24) is 0 Å². The molecule has 3 aromatic carbocycles. The zero-order valence-electron chi connectivity index (χ0n) is 23.7. The van der Waals surface area contributed by atoms with E-state index in [1.165, 1.54) is 69.7 Å². The van der Waals surface area contributed by atoms with Crippen LogP contribution in [0.1, 0.15) is 53.9 Å². The second kappa shape index (κ2) is 8.82. The van der Waals surface area contributed by atoms with Gasteiger partial charge < -0.3 is 4.42 Å². The van der Waals surface area contributed by atoms with Crippen LogP contribution >= 0.6 is 0 Å². The minimum Gasteiger partial charge on any atom is -0.456 e. The predicted molar refractivity (Wildman–Crippen MR) is 162 cm³/mol. The van der Waals surface area contributed by atoms with Crippen LogP contribution in [0.5, 0.6) is 0 Å². The Morgan fingerprint density at radius 3 is 2.26 bits per heavy atom. The monoisotopic (exact) mass is 517 g/mol. The molecule has 2 aromatic heterocycles. The summed E-state index contributed by atoms with van der Waals surface area (Å²) in [5.41, 5.74) is 11.0. The molecule has 0 saturated heterocycles. The van der Waals surface area contributed by atoms with E-state index >= 15 is 0 Å². The molecular formula is C34H37N2OSi+. The highest BCUT2D eigenvalue weighted by Gasteiger charge is 2.30. The van der Waals surface area contributed by atoms with Crippen LogP contribution in [0.15, 0.2) is 46.9 Å². The van der Waals surface area contributed by atoms with E-state index in [0.717, 1.165) is 27.5 Å². The van der Waals surface area contributed by atoms with Crippen molar-refractivity contribution in [1.29, 1.82) is 0 Å². The fourth-order valence-electron chi connectivity index (χ4n) is 6.62. The molecule has 0 unspecified atom stereocenters. The fourth-order valence-corrected chi connectivity index (χ4v) is 8.21. The number of aromatic nitrogens is 1. The van der Waals surface area contributed by atoms with Crippen molar-refractivity contribution < 1.29 is 8.98 Å². The second-order valence-electron chi connectivity index (χ2n) is 12.4. The molecule has 5 aromatic rings. The summed E-state index contributed by atoms with van der Waals surface area (Å²) in [5, 5.41) is 5.11. The largest absolute Gasteiger partial charge is 0.456 e. The summed E-state index contributed by atoms with van der Waals surface area (Å²) in [5.74, 6) is 0.681. The third-order valence-electron chi connectivity index (χ3n) is 9.00. The van der Waals surface area contributed by atoms with E-state index in [0.29, 0.717) is 11.6 Å². The molecule has 38 heavy (non-hydrogen) atoms. The van der Waals surface area contributed by atoms with Crippen molar-refractivity contribution >= 4 is 51.8 Å². The van der Waals surface area contributed by atoms with E-state index in [1.54, 1.807) is 0 Å². The zero-order chi connectivity index (χ0) is 26.9. The van der Waals surface area contributed by atoms with Gasteiger partial charge in [-0.25, -0.2) is 4.85 Å².